The van der Waals surface area contributed by atoms with Gasteiger partial charge in [0.1, 0.15) is 11.6 Å². The molecule has 4 nitrogen and oxygen atoms in total. The second-order valence-electron chi connectivity index (χ2n) is 5.86. The summed E-state index contributed by atoms with van der Waals surface area (Å²) in [5.41, 5.74) is 4.01. The van der Waals surface area contributed by atoms with Gasteiger partial charge in [-0.3, -0.25) is 0 Å². The van der Waals surface area contributed by atoms with Crippen molar-refractivity contribution in [3.05, 3.63) is 71.7 Å². The Bertz CT molecular complexity index is 894. The Hall–Kier alpha value is -2.95. The van der Waals surface area contributed by atoms with Crippen molar-refractivity contribution in [2.45, 2.75) is 13.3 Å². The van der Waals surface area contributed by atoms with Gasteiger partial charge in [-0.25, -0.2) is 9.37 Å². The zero-order chi connectivity index (χ0) is 16.5. The zero-order valence-electron chi connectivity index (χ0n) is 13.3. The molecule has 3 aromatic rings. The monoisotopic (exact) mass is 320 g/mol. The number of nitrogens with zero attached hydrogens (tertiary/aromatic N) is 3. The van der Waals surface area contributed by atoms with Gasteiger partial charge in [-0.05, 0) is 43.2 Å². The molecule has 0 radical (unpaired) electrons. The van der Waals surface area contributed by atoms with Gasteiger partial charge in [0.2, 0.25) is 5.95 Å². The highest BCUT2D eigenvalue weighted by molar-refractivity contribution is 5.68. The number of nitrogens with one attached hydrogen (secondary N) is 1. The summed E-state index contributed by atoms with van der Waals surface area (Å²) in [5, 5.41) is 3.08. The Kier molecular flexibility index (Phi) is 3.61. The van der Waals surface area contributed by atoms with E-state index in [-0.39, 0.29) is 5.82 Å². The minimum Gasteiger partial charge on any atom is -0.326 e. The molecule has 120 valence electrons. The van der Waals surface area contributed by atoms with Crippen molar-refractivity contribution in [3.8, 4) is 0 Å². The van der Waals surface area contributed by atoms with Gasteiger partial charge in [0.05, 0.1) is 0 Å². The second-order valence-corrected chi connectivity index (χ2v) is 5.86. The molecular formula is C19H17FN4. The molecule has 24 heavy (non-hydrogen) atoms. The lowest BCUT2D eigenvalue weighted by Crippen LogP contribution is -2.16. The summed E-state index contributed by atoms with van der Waals surface area (Å²) >= 11 is 0. The Balaban J connectivity index is 1.67. The number of aryl methyl sites for hydroxylation is 1. The molecule has 1 aromatic heterocycles. The highest BCUT2D eigenvalue weighted by Crippen LogP contribution is 2.33. The van der Waals surface area contributed by atoms with Gasteiger partial charge in [-0.15, -0.1) is 0 Å². The Morgan fingerprint density at radius 1 is 1.04 bits per heavy atom. The molecule has 1 aliphatic rings. The Morgan fingerprint density at radius 3 is 2.79 bits per heavy atom. The quantitative estimate of drug-likeness (QED) is 0.778. The molecule has 5 heteroatoms. The number of para-hydroxylation sites is 1. The van der Waals surface area contributed by atoms with E-state index in [1.54, 1.807) is 12.1 Å². The average Bonchev–Trinajstić information content (AvgIpc) is 2.98. The summed E-state index contributed by atoms with van der Waals surface area (Å²) < 4.78 is 13.4. The third-order valence-electron chi connectivity index (χ3n) is 4.09. The van der Waals surface area contributed by atoms with Crippen LogP contribution in [0.3, 0.4) is 0 Å². The van der Waals surface area contributed by atoms with Gasteiger partial charge in [0.15, 0.2) is 0 Å². The van der Waals surface area contributed by atoms with Crippen LogP contribution < -0.4 is 10.2 Å². The van der Waals surface area contributed by atoms with Crippen LogP contribution in [-0.2, 0) is 6.42 Å². The first-order valence-corrected chi connectivity index (χ1v) is 7.93. The largest absolute Gasteiger partial charge is 0.326 e. The minimum absolute atomic E-state index is 0.290. The fourth-order valence-corrected chi connectivity index (χ4v) is 3.02. The summed E-state index contributed by atoms with van der Waals surface area (Å²) in [6.45, 7) is 2.83. The molecule has 0 unspecified atom stereocenters. The molecule has 0 fully saturated rings. The third-order valence-corrected chi connectivity index (χ3v) is 4.09. The summed E-state index contributed by atoms with van der Waals surface area (Å²) in [6.07, 6.45) is 1.01. The predicted octanol–water partition coefficient (Wildman–Crippen LogP) is 4.36. The first-order chi connectivity index (χ1) is 11.7. The van der Waals surface area contributed by atoms with Crippen LogP contribution in [-0.4, -0.2) is 16.5 Å². The molecule has 0 atom stereocenters. The van der Waals surface area contributed by atoms with E-state index in [0.717, 1.165) is 24.5 Å². The maximum atomic E-state index is 13.4. The van der Waals surface area contributed by atoms with Crippen LogP contribution in [0.15, 0.2) is 54.6 Å². The lowest BCUT2D eigenvalue weighted by molar-refractivity contribution is 0.628. The van der Waals surface area contributed by atoms with E-state index in [1.807, 2.05) is 19.1 Å². The van der Waals surface area contributed by atoms with E-state index in [2.05, 4.69) is 38.4 Å². The lowest BCUT2D eigenvalue weighted by Gasteiger charge is -2.19. The van der Waals surface area contributed by atoms with Crippen molar-refractivity contribution < 1.29 is 4.39 Å². The lowest BCUT2D eigenvalue weighted by atomic mass is 10.2. The fourth-order valence-electron chi connectivity index (χ4n) is 3.02. The van der Waals surface area contributed by atoms with Crippen LogP contribution in [0.25, 0.3) is 0 Å². The molecule has 0 bridgehead atoms. The number of halogens is 1. The number of benzene rings is 2. The molecule has 0 aliphatic carbocycles. The molecule has 1 N–H and O–H groups in total. The van der Waals surface area contributed by atoms with Gasteiger partial charge >= 0.3 is 0 Å². The van der Waals surface area contributed by atoms with E-state index >= 15 is 0 Å². The van der Waals surface area contributed by atoms with Crippen molar-refractivity contribution in [2.24, 2.45) is 0 Å². The van der Waals surface area contributed by atoms with E-state index < -0.39 is 0 Å². The molecular weight excluding hydrogens is 303 g/mol. The van der Waals surface area contributed by atoms with Gasteiger partial charge in [-0.2, -0.15) is 4.98 Å². The number of fused-ring (bicyclic) bond motifs is 1. The highest BCUT2D eigenvalue weighted by Gasteiger charge is 2.21. The Labute approximate surface area is 140 Å². The van der Waals surface area contributed by atoms with E-state index in [4.69, 9.17) is 0 Å². The second kappa shape index (κ2) is 5.92. The summed E-state index contributed by atoms with van der Waals surface area (Å²) in [5.74, 6) is 1.03. The van der Waals surface area contributed by atoms with Gasteiger partial charge in [0.25, 0.3) is 0 Å². The minimum atomic E-state index is -0.290. The summed E-state index contributed by atoms with van der Waals surface area (Å²) in [4.78, 5) is 11.2. The Morgan fingerprint density at radius 2 is 1.92 bits per heavy atom. The standard InChI is InChI=1S/C19H17FN4/c1-13-11-18(24-10-9-14-5-2-3-8-17(14)24)23-19(21-13)22-16-7-4-6-15(20)12-16/h2-8,11-12H,9-10H2,1H3,(H,21,22,23). The van der Waals surface area contributed by atoms with Crippen molar-refractivity contribution in [1.29, 1.82) is 0 Å². The topological polar surface area (TPSA) is 41.1 Å². The smallest absolute Gasteiger partial charge is 0.229 e. The molecule has 2 heterocycles. The van der Waals surface area contributed by atoms with Crippen LogP contribution in [0, 0.1) is 12.7 Å². The van der Waals surface area contributed by atoms with E-state index in [1.165, 1.54) is 23.4 Å². The van der Waals surface area contributed by atoms with Crippen LogP contribution in [0.2, 0.25) is 0 Å². The van der Waals surface area contributed by atoms with Crippen molar-refractivity contribution in [2.75, 3.05) is 16.8 Å². The third kappa shape index (κ3) is 2.80. The van der Waals surface area contributed by atoms with Crippen LogP contribution in [0.1, 0.15) is 11.3 Å². The highest BCUT2D eigenvalue weighted by atomic mass is 19.1. The number of hydrogen-bond donors (Lipinski definition) is 1. The number of anilines is 4. The van der Waals surface area contributed by atoms with E-state index in [9.17, 15) is 4.39 Å². The fraction of sp³-hybridized carbons (Fsp3) is 0.158. The van der Waals surface area contributed by atoms with Crippen LogP contribution in [0.5, 0.6) is 0 Å². The molecule has 0 saturated heterocycles. The maximum Gasteiger partial charge on any atom is 0.229 e. The average molecular weight is 320 g/mol. The zero-order valence-corrected chi connectivity index (χ0v) is 13.3. The van der Waals surface area contributed by atoms with E-state index in [0.29, 0.717) is 11.6 Å². The predicted molar refractivity (Wildman–Crippen MR) is 93.6 cm³/mol. The number of rotatable bonds is 3. The molecule has 0 spiro atoms. The van der Waals surface area contributed by atoms with Crippen molar-refractivity contribution in [3.63, 3.8) is 0 Å². The summed E-state index contributed by atoms with van der Waals surface area (Å²) in [6, 6.07) is 16.6. The van der Waals surface area contributed by atoms with Crippen LogP contribution in [0.4, 0.5) is 27.5 Å². The normalized spacial score (nSPS) is 13.0. The van der Waals surface area contributed by atoms with Gasteiger partial charge in [0, 0.05) is 29.7 Å². The van der Waals surface area contributed by atoms with Crippen LogP contribution >= 0.6 is 0 Å². The molecule has 2 aromatic carbocycles. The first kappa shape index (κ1) is 14.6. The molecule has 0 amide bonds. The van der Waals surface area contributed by atoms with Gasteiger partial charge < -0.3 is 10.2 Å². The molecule has 1 aliphatic heterocycles. The van der Waals surface area contributed by atoms with Crippen molar-refractivity contribution in [1.82, 2.24) is 9.97 Å². The SMILES string of the molecule is Cc1cc(N2CCc3ccccc32)nc(Nc2cccc(F)c2)n1. The first-order valence-electron chi connectivity index (χ1n) is 7.93. The maximum absolute atomic E-state index is 13.4. The van der Waals surface area contributed by atoms with Gasteiger partial charge in [-0.1, -0.05) is 24.3 Å². The van der Waals surface area contributed by atoms with Crippen molar-refractivity contribution >= 4 is 23.1 Å². The number of aromatic nitrogens is 2. The molecule has 4 rings (SSSR count). The number of hydrogen-bond acceptors (Lipinski definition) is 4. The summed E-state index contributed by atoms with van der Waals surface area (Å²) in [7, 11) is 0. The molecule has 0 saturated carbocycles.